The summed E-state index contributed by atoms with van der Waals surface area (Å²) < 4.78 is 5.69. The second-order valence-electron chi connectivity index (χ2n) is 13.6. The molecule has 5 nitrogen and oxygen atoms in total. The third-order valence-electron chi connectivity index (χ3n) is 11.3. The van der Waals surface area contributed by atoms with Crippen LogP contribution in [0.2, 0.25) is 0 Å². The predicted octanol–water partition coefficient (Wildman–Crippen LogP) is 6.78. The molecule has 0 aromatic carbocycles. The van der Waals surface area contributed by atoms with Gasteiger partial charge >= 0.3 is 11.9 Å². The number of carbonyl (C=O) groups excluding carboxylic acids is 1. The average Bonchev–Trinajstić information content (AvgIpc) is 3.18. The van der Waals surface area contributed by atoms with E-state index in [0.717, 1.165) is 62.2 Å². The van der Waals surface area contributed by atoms with Gasteiger partial charge in [0.25, 0.3) is 0 Å². The topological polar surface area (TPSA) is 83.8 Å². The third kappa shape index (κ3) is 5.28. The molecule has 2 N–H and O–H groups in total. The fraction of sp³-hybridized carbons (Fsp3) is 0.871. The normalized spacial score (nSPS) is 39.4. The van der Waals surface area contributed by atoms with E-state index in [1.807, 2.05) is 0 Å². The van der Waals surface area contributed by atoms with Crippen molar-refractivity contribution >= 4 is 11.9 Å². The molecular formula is C31H50O5. The molecule has 0 amide bonds. The van der Waals surface area contributed by atoms with Gasteiger partial charge in [-0.3, -0.25) is 9.59 Å². The van der Waals surface area contributed by atoms with Crippen LogP contribution in [-0.2, 0) is 14.3 Å². The highest BCUT2D eigenvalue weighted by Gasteiger charge is 2.59. The first kappa shape index (κ1) is 27.7. The monoisotopic (exact) mass is 502 g/mol. The van der Waals surface area contributed by atoms with Gasteiger partial charge in [-0.25, -0.2) is 0 Å². The van der Waals surface area contributed by atoms with E-state index in [-0.39, 0.29) is 36.4 Å². The van der Waals surface area contributed by atoms with Crippen LogP contribution in [0.25, 0.3) is 0 Å². The van der Waals surface area contributed by atoms with Crippen LogP contribution in [0.4, 0.5) is 0 Å². The number of aliphatic hydroxyl groups is 1. The number of aliphatic carboxylic acids is 1. The molecular weight excluding hydrogens is 452 g/mol. The highest BCUT2D eigenvalue weighted by molar-refractivity contribution is 5.76. The minimum absolute atomic E-state index is 0.0386. The Morgan fingerprint density at radius 3 is 2.47 bits per heavy atom. The van der Waals surface area contributed by atoms with Gasteiger partial charge in [0.05, 0.1) is 18.9 Å². The molecule has 4 aliphatic carbocycles. The Morgan fingerprint density at radius 2 is 1.78 bits per heavy atom. The number of carboxylic acids is 1. The number of allylic oxidation sites excluding steroid dienone is 1. The van der Waals surface area contributed by atoms with Gasteiger partial charge in [0, 0.05) is 6.42 Å². The maximum absolute atomic E-state index is 12.1. The van der Waals surface area contributed by atoms with Crippen LogP contribution in [0.5, 0.6) is 0 Å². The summed E-state index contributed by atoms with van der Waals surface area (Å²) in [6.45, 7) is 11.7. The van der Waals surface area contributed by atoms with Gasteiger partial charge in [0.1, 0.15) is 6.10 Å². The van der Waals surface area contributed by atoms with E-state index in [1.165, 1.54) is 31.3 Å². The molecule has 0 aromatic rings. The van der Waals surface area contributed by atoms with E-state index < -0.39 is 5.97 Å². The summed E-state index contributed by atoms with van der Waals surface area (Å²) in [5.41, 5.74) is 2.11. The summed E-state index contributed by atoms with van der Waals surface area (Å²) in [6, 6.07) is 0. The van der Waals surface area contributed by atoms with Crippen molar-refractivity contribution in [1.29, 1.82) is 0 Å². The highest BCUT2D eigenvalue weighted by atomic mass is 16.5. The molecule has 0 bridgehead atoms. The SMILES string of the molecule is CC(CC[C@H](O)C(C)C)[C@H]1CCC2C3CC=C4C[C@@H](OC(=O)CCC(=O)O)CC[C@]4(C)C3CC[C@@]21C. The Balaban J connectivity index is 1.40. The van der Waals surface area contributed by atoms with Crippen molar-refractivity contribution < 1.29 is 24.5 Å². The van der Waals surface area contributed by atoms with E-state index in [9.17, 15) is 14.7 Å². The summed E-state index contributed by atoms with van der Waals surface area (Å²) in [5, 5.41) is 19.2. The second-order valence-corrected chi connectivity index (χ2v) is 13.6. The van der Waals surface area contributed by atoms with E-state index in [4.69, 9.17) is 9.84 Å². The van der Waals surface area contributed by atoms with Crippen LogP contribution in [0.15, 0.2) is 11.6 Å². The number of esters is 1. The lowest BCUT2D eigenvalue weighted by Gasteiger charge is -2.58. The second kappa shape index (κ2) is 10.8. The Kier molecular flexibility index (Phi) is 8.29. The number of ether oxygens (including phenoxy) is 1. The summed E-state index contributed by atoms with van der Waals surface area (Å²) in [4.78, 5) is 22.9. The molecule has 0 aliphatic heterocycles. The minimum atomic E-state index is -0.954. The molecule has 36 heavy (non-hydrogen) atoms. The van der Waals surface area contributed by atoms with Crippen molar-refractivity contribution in [1.82, 2.24) is 0 Å². The van der Waals surface area contributed by atoms with Crippen LogP contribution < -0.4 is 0 Å². The number of hydrogen-bond donors (Lipinski definition) is 2. The standard InChI is InChI=1S/C31H50O5/c1-19(2)27(32)11-6-20(3)24-9-10-25-23-8-7-21-18-22(36-29(35)13-12-28(33)34)14-16-30(21,4)26(23)15-17-31(24,25)5/h7,19-20,22-27,32H,6,8-18H2,1-5H3,(H,33,34)/t20?,22-,23?,24+,25?,26?,27-,30-,31+/m0/s1. The van der Waals surface area contributed by atoms with Gasteiger partial charge in [-0.05, 0) is 104 Å². The summed E-state index contributed by atoms with van der Waals surface area (Å²) in [5.74, 6) is 2.71. The zero-order chi connectivity index (χ0) is 26.3. The number of hydrogen-bond acceptors (Lipinski definition) is 4. The van der Waals surface area contributed by atoms with E-state index in [0.29, 0.717) is 17.3 Å². The van der Waals surface area contributed by atoms with Crippen molar-refractivity contribution in [3.63, 3.8) is 0 Å². The molecule has 9 atom stereocenters. The number of carboxylic acid groups (broad SMARTS) is 1. The van der Waals surface area contributed by atoms with Crippen molar-refractivity contribution in [3.8, 4) is 0 Å². The summed E-state index contributed by atoms with van der Waals surface area (Å²) >= 11 is 0. The van der Waals surface area contributed by atoms with E-state index >= 15 is 0 Å². The quantitative estimate of drug-likeness (QED) is 0.268. The number of rotatable bonds is 9. The largest absolute Gasteiger partial charge is 0.481 e. The average molecular weight is 503 g/mol. The Morgan fingerprint density at radius 1 is 1.03 bits per heavy atom. The number of aliphatic hydroxyl groups excluding tert-OH is 1. The highest BCUT2D eigenvalue weighted by Crippen LogP contribution is 2.67. The van der Waals surface area contributed by atoms with Gasteiger partial charge in [-0.2, -0.15) is 0 Å². The van der Waals surface area contributed by atoms with Gasteiger partial charge in [0.2, 0.25) is 0 Å². The fourth-order valence-electron chi connectivity index (χ4n) is 9.13. The van der Waals surface area contributed by atoms with Gasteiger partial charge in [-0.15, -0.1) is 0 Å². The lowest BCUT2D eigenvalue weighted by Crippen LogP contribution is -2.51. The lowest BCUT2D eigenvalue weighted by atomic mass is 9.47. The van der Waals surface area contributed by atoms with E-state index in [2.05, 4.69) is 40.7 Å². The van der Waals surface area contributed by atoms with Crippen molar-refractivity contribution in [2.45, 2.75) is 124 Å². The van der Waals surface area contributed by atoms with Gasteiger partial charge < -0.3 is 14.9 Å². The molecule has 3 saturated carbocycles. The molecule has 4 unspecified atom stereocenters. The zero-order valence-electron chi connectivity index (χ0n) is 23.3. The van der Waals surface area contributed by atoms with Crippen LogP contribution in [0.1, 0.15) is 112 Å². The molecule has 5 heteroatoms. The minimum Gasteiger partial charge on any atom is -0.481 e. The zero-order valence-corrected chi connectivity index (χ0v) is 23.3. The first-order chi connectivity index (χ1) is 17.0. The molecule has 0 heterocycles. The molecule has 4 rings (SSSR count). The third-order valence-corrected chi connectivity index (χ3v) is 11.3. The summed E-state index contributed by atoms with van der Waals surface area (Å²) in [7, 11) is 0. The first-order valence-corrected chi connectivity index (χ1v) is 14.7. The lowest BCUT2D eigenvalue weighted by molar-refractivity contribution is -0.154. The molecule has 4 aliphatic rings. The summed E-state index contributed by atoms with van der Waals surface area (Å²) in [6.07, 6.45) is 13.3. The molecule has 0 radical (unpaired) electrons. The van der Waals surface area contributed by atoms with Crippen molar-refractivity contribution in [2.24, 2.45) is 46.3 Å². The smallest absolute Gasteiger partial charge is 0.306 e. The van der Waals surface area contributed by atoms with Crippen molar-refractivity contribution in [3.05, 3.63) is 11.6 Å². The molecule has 0 aromatic heterocycles. The molecule has 204 valence electrons. The number of carbonyl (C=O) groups is 2. The molecule has 0 saturated heterocycles. The number of fused-ring (bicyclic) bond motifs is 5. The maximum Gasteiger partial charge on any atom is 0.306 e. The van der Waals surface area contributed by atoms with E-state index in [1.54, 1.807) is 0 Å². The molecule has 0 spiro atoms. The fourth-order valence-corrected chi connectivity index (χ4v) is 9.13. The van der Waals surface area contributed by atoms with Gasteiger partial charge in [0.15, 0.2) is 0 Å². The Hall–Kier alpha value is -1.36. The Bertz CT molecular complexity index is 848. The predicted molar refractivity (Wildman–Crippen MR) is 141 cm³/mol. The van der Waals surface area contributed by atoms with Crippen molar-refractivity contribution in [2.75, 3.05) is 0 Å². The molecule has 3 fully saturated rings. The first-order valence-electron chi connectivity index (χ1n) is 14.7. The Labute approximate surface area is 218 Å². The maximum atomic E-state index is 12.1. The van der Waals surface area contributed by atoms with Crippen LogP contribution >= 0.6 is 0 Å². The van der Waals surface area contributed by atoms with Gasteiger partial charge in [-0.1, -0.05) is 46.3 Å². The van der Waals surface area contributed by atoms with Crippen LogP contribution in [0, 0.1) is 46.3 Å². The van der Waals surface area contributed by atoms with Crippen LogP contribution in [0.3, 0.4) is 0 Å². The van der Waals surface area contributed by atoms with Crippen LogP contribution in [-0.4, -0.2) is 34.4 Å².